The van der Waals surface area contributed by atoms with Gasteiger partial charge in [-0.2, -0.15) is 0 Å². The second kappa shape index (κ2) is 6.54. The van der Waals surface area contributed by atoms with E-state index in [-0.39, 0.29) is 11.8 Å². The van der Waals surface area contributed by atoms with Crippen LogP contribution in [-0.2, 0) is 9.59 Å². The zero-order valence-electron chi connectivity index (χ0n) is 13.6. The summed E-state index contributed by atoms with van der Waals surface area (Å²) in [5.41, 5.74) is 3.16. The third kappa shape index (κ3) is 2.86. The Morgan fingerprint density at radius 1 is 0.625 bits per heavy atom. The zero-order chi connectivity index (χ0) is 17.1. The lowest BCUT2D eigenvalue weighted by molar-refractivity contribution is -0.126. The first-order chi connectivity index (χ1) is 11.6. The van der Waals surface area contributed by atoms with Crippen LogP contribution >= 0.6 is 0 Å². The summed E-state index contributed by atoms with van der Waals surface area (Å²) >= 11 is 0. The number of nitrogens with zero attached hydrogens (tertiary/aromatic N) is 2. The molecule has 0 N–H and O–H groups in total. The van der Waals surface area contributed by atoms with Gasteiger partial charge in [0.1, 0.15) is 0 Å². The standard InChI is InChI=1S/C20H18N2O2/c1-15(23)21-13-14-22(16(2)24)20(18-11-7-4-8-12-18)19(21)17-9-5-3-6-10-17/h3-14H,1-2H3. The number of benzene rings is 2. The molecule has 0 radical (unpaired) electrons. The number of rotatable bonds is 2. The van der Waals surface area contributed by atoms with Crippen molar-refractivity contribution in [3.63, 3.8) is 0 Å². The summed E-state index contributed by atoms with van der Waals surface area (Å²) in [4.78, 5) is 27.5. The first-order valence-electron chi connectivity index (χ1n) is 7.72. The van der Waals surface area contributed by atoms with Crippen LogP contribution in [0.4, 0.5) is 0 Å². The van der Waals surface area contributed by atoms with Crippen molar-refractivity contribution in [1.82, 2.24) is 9.80 Å². The van der Waals surface area contributed by atoms with E-state index in [2.05, 4.69) is 0 Å². The Morgan fingerprint density at radius 2 is 0.958 bits per heavy atom. The molecule has 0 unspecified atom stereocenters. The van der Waals surface area contributed by atoms with E-state index in [1.54, 1.807) is 22.2 Å². The minimum atomic E-state index is -0.110. The van der Waals surface area contributed by atoms with Gasteiger partial charge in [-0.1, -0.05) is 60.7 Å². The van der Waals surface area contributed by atoms with E-state index in [9.17, 15) is 9.59 Å². The molecular weight excluding hydrogens is 300 g/mol. The molecule has 0 fully saturated rings. The van der Waals surface area contributed by atoms with Crippen molar-refractivity contribution in [1.29, 1.82) is 0 Å². The molecule has 4 nitrogen and oxygen atoms in total. The maximum atomic E-state index is 12.2. The summed E-state index contributed by atoms with van der Waals surface area (Å²) in [6, 6.07) is 19.3. The summed E-state index contributed by atoms with van der Waals surface area (Å²) in [5.74, 6) is -0.219. The average Bonchev–Trinajstić information content (AvgIpc) is 2.61. The summed E-state index contributed by atoms with van der Waals surface area (Å²) < 4.78 is 0. The van der Waals surface area contributed by atoms with Gasteiger partial charge in [0.05, 0.1) is 11.4 Å². The van der Waals surface area contributed by atoms with E-state index >= 15 is 0 Å². The lowest BCUT2D eigenvalue weighted by Crippen LogP contribution is -2.33. The summed E-state index contributed by atoms with van der Waals surface area (Å²) in [6.45, 7) is 3.03. The van der Waals surface area contributed by atoms with E-state index in [1.165, 1.54) is 13.8 Å². The number of amides is 2. The maximum Gasteiger partial charge on any atom is 0.228 e. The van der Waals surface area contributed by atoms with Gasteiger partial charge in [0.2, 0.25) is 11.8 Å². The van der Waals surface area contributed by atoms with Gasteiger partial charge < -0.3 is 0 Å². The number of hydrogen-bond acceptors (Lipinski definition) is 2. The van der Waals surface area contributed by atoms with Crippen molar-refractivity contribution < 1.29 is 9.59 Å². The second-order valence-corrected chi connectivity index (χ2v) is 5.51. The summed E-state index contributed by atoms with van der Waals surface area (Å²) in [5, 5.41) is 0. The fourth-order valence-corrected chi connectivity index (χ4v) is 2.78. The highest BCUT2D eigenvalue weighted by atomic mass is 16.2. The van der Waals surface area contributed by atoms with Gasteiger partial charge in [-0.15, -0.1) is 0 Å². The Balaban J connectivity index is 2.32. The average molecular weight is 318 g/mol. The van der Waals surface area contributed by atoms with Crippen LogP contribution in [-0.4, -0.2) is 21.6 Å². The third-order valence-electron chi connectivity index (χ3n) is 3.84. The van der Waals surface area contributed by atoms with Gasteiger partial charge in [-0.25, -0.2) is 0 Å². The second-order valence-electron chi connectivity index (χ2n) is 5.51. The first-order valence-corrected chi connectivity index (χ1v) is 7.72. The fraction of sp³-hybridized carbons (Fsp3) is 0.100. The Morgan fingerprint density at radius 3 is 1.25 bits per heavy atom. The highest BCUT2D eigenvalue weighted by Crippen LogP contribution is 2.35. The van der Waals surface area contributed by atoms with E-state index in [1.807, 2.05) is 60.7 Å². The van der Waals surface area contributed by atoms with Crippen molar-refractivity contribution in [2.24, 2.45) is 0 Å². The molecule has 0 bridgehead atoms. The molecule has 2 aromatic carbocycles. The fourth-order valence-electron chi connectivity index (χ4n) is 2.78. The smallest absolute Gasteiger partial charge is 0.228 e. The van der Waals surface area contributed by atoms with E-state index in [0.29, 0.717) is 11.4 Å². The molecule has 1 aliphatic heterocycles. The van der Waals surface area contributed by atoms with E-state index in [4.69, 9.17) is 0 Å². The summed E-state index contributed by atoms with van der Waals surface area (Å²) in [7, 11) is 0. The molecule has 1 heterocycles. The monoisotopic (exact) mass is 318 g/mol. The molecule has 0 saturated carbocycles. The van der Waals surface area contributed by atoms with Crippen LogP contribution in [0.5, 0.6) is 0 Å². The molecule has 0 saturated heterocycles. The lowest BCUT2D eigenvalue weighted by atomic mass is 10.0. The number of carbonyl (C=O) groups excluding carboxylic acids is 2. The Hall–Kier alpha value is -3.14. The van der Waals surface area contributed by atoms with Crippen molar-refractivity contribution in [3.05, 3.63) is 84.2 Å². The molecule has 1 aliphatic rings. The molecular formula is C20H18N2O2. The molecule has 0 atom stereocenters. The normalized spacial score (nSPS) is 14.1. The Bertz CT molecular complexity index is 754. The number of carbonyl (C=O) groups is 2. The van der Waals surface area contributed by atoms with Gasteiger partial charge in [-0.3, -0.25) is 19.4 Å². The highest BCUT2D eigenvalue weighted by Gasteiger charge is 2.28. The zero-order valence-corrected chi connectivity index (χ0v) is 13.6. The predicted octanol–water partition coefficient (Wildman–Crippen LogP) is 3.69. The van der Waals surface area contributed by atoms with Gasteiger partial charge >= 0.3 is 0 Å². The predicted molar refractivity (Wildman–Crippen MR) is 93.9 cm³/mol. The SMILES string of the molecule is CC(=O)N1C=CN(C(C)=O)C(c2ccccc2)=C1c1ccccc1. The molecule has 3 rings (SSSR count). The maximum absolute atomic E-state index is 12.2. The van der Waals surface area contributed by atoms with Crippen LogP contribution in [0.1, 0.15) is 25.0 Å². The molecule has 2 amide bonds. The van der Waals surface area contributed by atoms with Crippen LogP contribution < -0.4 is 0 Å². The lowest BCUT2D eigenvalue weighted by Gasteiger charge is -2.33. The highest BCUT2D eigenvalue weighted by molar-refractivity contribution is 6.02. The molecule has 2 aromatic rings. The minimum absolute atomic E-state index is 0.110. The van der Waals surface area contributed by atoms with Crippen molar-refractivity contribution >= 4 is 23.2 Å². The van der Waals surface area contributed by atoms with Crippen LogP contribution in [0.25, 0.3) is 11.4 Å². The Labute approximate surface area is 141 Å². The van der Waals surface area contributed by atoms with Crippen LogP contribution in [0.2, 0.25) is 0 Å². The van der Waals surface area contributed by atoms with Crippen LogP contribution in [0, 0.1) is 0 Å². The first kappa shape index (κ1) is 15.7. The molecule has 0 aromatic heterocycles. The van der Waals surface area contributed by atoms with E-state index < -0.39 is 0 Å². The van der Waals surface area contributed by atoms with Crippen LogP contribution in [0.15, 0.2) is 73.1 Å². The topological polar surface area (TPSA) is 40.6 Å². The van der Waals surface area contributed by atoms with Gasteiger partial charge in [0.15, 0.2) is 0 Å². The molecule has 120 valence electrons. The molecule has 0 spiro atoms. The minimum Gasteiger partial charge on any atom is -0.284 e. The number of hydrogen-bond donors (Lipinski definition) is 0. The van der Waals surface area contributed by atoms with Crippen LogP contribution in [0.3, 0.4) is 0 Å². The third-order valence-corrected chi connectivity index (χ3v) is 3.84. The largest absolute Gasteiger partial charge is 0.284 e. The van der Waals surface area contributed by atoms with Crippen molar-refractivity contribution in [2.45, 2.75) is 13.8 Å². The van der Waals surface area contributed by atoms with Gasteiger partial charge in [-0.05, 0) is 0 Å². The quantitative estimate of drug-likeness (QED) is 0.847. The molecule has 4 heteroatoms. The molecule has 24 heavy (non-hydrogen) atoms. The van der Waals surface area contributed by atoms with E-state index in [0.717, 1.165) is 11.1 Å². The van der Waals surface area contributed by atoms with Gasteiger partial charge in [0.25, 0.3) is 0 Å². The Kier molecular flexibility index (Phi) is 4.29. The van der Waals surface area contributed by atoms with Crippen molar-refractivity contribution in [3.8, 4) is 0 Å². The van der Waals surface area contributed by atoms with Gasteiger partial charge in [0, 0.05) is 37.4 Å². The van der Waals surface area contributed by atoms with Crippen molar-refractivity contribution in [2.75, 3.05) is 0 Å². The molecule has 0 aliphatic carbocycles. The summed E-state index contributed by atoms with van der Waals surface area (Å²) in [6.07, 6.45) is 3.27.